The van der Waals surface area contributed by atoms with Gasteiger partial charge in [-0.05, 0) is 36.5 Å². The molecule has 0 aromatic heterocycles. The highest BCUT2D eigenvalue weighted by atomic mass is 35.5. The van der Waals surface area contributed by atoms with Crippen molar-refractivity contribution in [1.29, 1.82) is 0 Å². The molecule has 4 nitrogen and oxygen atoms in total. The first-order chi connectivity index (χ1) is 10.6. The number of thioether (sulfide) groups is 1. The minimum atomic E-state index is -0.477. The summed E-state index contributed by atoms with van der Waals surface area (Å²) in [7, 11) is 0. The summed E-state index contributed by atoms with van der Waals surface area (Å²) in [6.45, 7) is 1.47. The maximum Gasteiger partial charge on any atom is 0.240 e. The van der Waals surface area contributed by atoms with Gasteiger partial charge in [-0.2, -0.15) is 0 Å². The molecular weight excluding hydrogens is 320 g/mol. The van der Waals surface area contributed by atoms with Gasteiger partial charge in [-0.1, -0.05) is 23.7 Å². The highest BCUT2D eigenvalue weighted by Crippen LogP contribution is 2.31. The summed E-state index contributed by atoms with van der Waals surface area (Å²) in [6.07, 6.45) is 1.21. The largest absolute Gasteiger partial charge is 0.388 e. The third-order valence-electron chi connectivity index (χ3n) is 4.52. The van der Waals surface area contributed by atoms with Crippen molar-refractivity contribution in [3.63, 3.8) is 0 Å². The number of aliphatic hydroxyl groups is 1. The summed E-state index contributed by atoms with van der Waals surface area (Å²) >= 11 is 7.65. The molecule has 0 saturated carbocycles. The molecule has 120 valence electrons. The van der Waals surface area contributed by atoms with Crippen LogP contribution in [-0.2, 0) is 4.79 Å². The molecule has 0 bridgehead atoms. The third kappa shape index (κ3) is 3.59. The number of piperidine rings is 1. The molecule has 0 unspecified atom stereocenters. The average Bonchev–Trinajstić information content (AvgIpc) is 3.09. The number of benzene rings is 1. The van der Waals surface area contributed by atoms with Crippen LogP contribution in [-0.4, -0.2) is 46.7 Å². The zero-order chi connectivity index (χ0) is 15.5. The number of hydrogen-bond acceptors (Lipinski definition) is 4. The SMILES string of the molecule is O=C([C@H]1CSCN1)N1CCC([C@@H](O)c2ccc(Cl)cc2)CC1. The molecule has 1 aromatic rings. The van der Waals surface area contributed by atoms with Gasteiger partial charge in [0.15, 0.2) is 0 Å². The Balaban J connectivity index is 1.54. The molecule has 22 heavy (non-hydrogen) atoms. The Kier molecular flexibility index (Phi) is 5.29. The maximum atomic E-state index is 12.4. The van der Waals surface area contributed by atoms with Gasteiger partial charge in [-0.25, -0.2) is 0 Å². The lowest BCUT2D eigenvalue weighted by Gasteiger charge is -2.35. The van der Waals surface area contributed by atoms with E-state index in [2.05, 4.69) is 5.32 Å². The van der Waals surface area contributed by atoms with Crippen LogP contribution in [0.1, 0.15) is 24.5 Å². The quantitative estimate of drug-likeness (QED) is 0.886. The molecular formula is C16H21ClN2O2S. The Bertz CT molecular complexity index is 511. The third-order valence-corrected chi connectivity index (χ3v) is 5.72. The van der Waals surface area contributed by atoms with Crippen molar-refractivity contribution in [1.82, 2.24) is 10.2 Å². The van der Waals surface area contributed by atoms with E-state index in [0.717, 1.165) is 43.1 Å². The van der Waals surface area contributed by atoms with E-state index in [1.165, 1.54) is 0 Å². The van der Waals surface area contributed by atoms with Crippen LogP contribution in [0.5, 0.6) is 0 Å². The van der Waals surface area contributed by atoms with Crippen molar-refractivity contribution in [2.45, 2.75) is 25.0 Å². The average molecular weight is 341 g/mol. The molecule has 2 aliphatic rings. The van der Waals surface area contributed by atoms with E-state index in [-0.39, 0.29) is 17.9 Å². The molecule has 1 amide bonds. The molecule has 2 saturated heterocycles. The molecule has 0 spiro atoms. The zero-order valence-electron chi connectivity index (χ0n) is 12.4. The van der Waals surface area contributed by atoms with Gasteiger partial charge in [0.05, 0.1) is 12.1 Å². The second kappa shape index (κ2) is 7.21. The molecule has 1 aromatic carbocycles. The van der Waals surface area contributed by atoms with Crippen molar-refractivity contribution in [2.24, 2.45) is 5.92 Å². The van der Waals surface area contributed by atoms with Crippen LogP contribution in [0.4, 0.5) is 0 Å². The number of nitrogens with one attached hydrogen (secondary N) is 1. The van der Waals surface area contributed by atoms with Crippen molar-refractivity contribution < 1.29 is 9.90 Å². The van der Waals surface area contributed by atoms with E-state index in [0.29, 0.717) is 5.02 Å². The Morgan fingerprint density at radius 3 is 2.59 bits per heavy atom. The Hall–Kier alpha value is -0.750. The highest BCUT2D eigenvalue weighted by molar-refractivity contribution is 7.99. The van der Waals surface area contributed by atoms with E-state index >= 15 is 0 Å². The molecule has 0 radical (unpaired) electrons. The van der Waals surface area contributed by atoms with E-state index in [9.17, 15) is 9.90 Å². The first kappa shape index (κ1) is 16.1. The number of aliphatic hydroxyl groups excluding tert-OH is 1. The van der Waals surface area contributed by atoms with Gasteiger partial charge in [-0.15, -0.1) is 11.8 Å². The molecule has 0 aliphatic carbocycles. The second-order valence-corrected chi connectivity index (χ2v) is 7.40. The summed E-state index contributed by atoms with van der Waals surface area (Å²) in [6, 6.07) is 7.35. The van der Waals surface area contributed by atoms with Crippen molar-refractivity contribution in [3.8, 4) is 0 Å². The summed E-state index contributed by atoms with van der Waals surface area (Å²) in [4.78, 5) is 14.3. The number of likely N-dealkylation sites (tertiary alicyclic amines) is 1. The predicted molar refractivity (Wildman–Crippen MR) is 90.0 cm³/mol. The van der Waals surface area contributed by atoms with Crippen LogP contribution in [0.25, 0.3) is 0 Å². The fraction of sp³-hybridized carbons (Fsp3) is 0.562. The monoisotopic (exact) mass is 340 g/mol. The topological polar surface area (TPSA) is 52.6 Å². The number of carbonyl (C=O) groups excluding carboxylic acids is 1. The highest BCUT2D eigenvalue weighted by Gasteiger charge is 2.32. The number of amides is 1. The van der Waals surface area contributed by atoms with E-state index in [1.54, 1.807) is 11.8 Å². The van der Waals surface area contributed by atoms with Gasteiger partial charge in [0, 0.05) is 29.7 Å². The number of halogens is 1. The second-order valence-electron chi connectivity index (χ2n) is 5.93. The molecule has 2 heterocycles. The number of hydrogen-bond donors (Lipinski definition) is 2. The molecule has 2 aliphatic heterocycles. The van der Waals surface area contributed by atoms with Gasteiger partial charge >= 0.3 is 0 Å². The Labute approximate surface area is 140 Å². The Morgan fingerprint density at radius 1 is 1.32 bits per heavy atom. The zero-order valence-corrected chi connectivity index (χ0v) is 13.9. The Morgan fingerprint density at radius 2 is 2.00 bits per heavy atom. The van der Waals surface area contributed by atoms with Crippen LogP contribution >= 0.6 is 23.4 Å². The first-order valence-corrected chi connectivity index (χ1v) is 9.22. The van der Waals surface area contributed by atoms with E-state index in [1.807, 2.05) is 29.2 Å². The lowest BCUT2D eigenvalue weighted by molar-refractivity contribution is -0.134. The number of nitrogens with zero attached hydrogens (tertiary/aromatic N) is 1. The molecule has 3 rings (SSSR count). The maximum absolute atomic E-state index is 12.4. The fourth-order valence-electron chi connectivity index (χ4n) is 3.14. The van der Waals surface area contributed by atoms with Crippen molar-refractivity contribution >= 4 is 29.3 Å². The molecule has 2 fully saturated rings. The predicted octanol–water partition coefficient (Wildman–Crippen LogP) is 2.27. The van der Waals surface area contributed by atoms with Gasteiger partial charge in [0.2, 0.25) is 5.91 Å². The van der Waals surface area contributed by atoms with Gasteiger partial charge in [-0.3, -0.25) is 10.1 Å². The van der Waals surface area contributed by atoms with Crippen molar-refractivity contribution in [2.75, 3.05) is 24.7 Å². The van der Waals surface area contributed by atoms with Crippen LogP contribution in [0.15, 0.2) is 24.3 Å². The summed E-state index contributed by atoms with van der Waals surface area (Å²) in [5.41, 5.74) is 0.906. The first-order valence-electron chi connectivity index (χ1n) is 7.68. The minimum absolute atomic E-state index is 0.0252. The lowest BCUT2D eigenvalue weighted by Crippen LogP contribution is -2.48. The summed E-state index contributed by atoms with van der Waals surface area (Å²) < 4.78 is 0. The molecule has 2 atom stereocenters. The molecule has 6 heteroatoms. The number of carbonyl (C=O) groups is 1. The van der Waals surface area contributed by atoms with Crippen LogP contribution in [0.3, 0.4) is 0 Å². The van der Waals surface area contributed by atoms with Crippen LogP contribution < -0.4 is 5.32 Å². The molecule has 2 N–H and O–H groups in total. The van der Waals surface area contributed by atoms with Gasteiger partial charge < -0.3 is 10.0 Å². The minimum Gasteiger partial charge on any atom is -0.388 e. The van der Waals surface area contributed by atoms with E-state index < -0.39 is 6.10 Å². The standard InChI is InChI=1S/C16H21ClN2O2S/c17-13-3-1-11(2-4-13)15(20)12-5-7-19(8-6-12)16(21)14-9-22-10-18-14/h1-4,12,14-15,18,20H,5-10H2/t14-,15+/m1/s1. The van der Waals surface area contributed by atoms with Crippen LogP contribution in [0, 0.1) is 5.92 Å². The normalized spacial score (nSPS) is 24.5. The lowest BCUT2D eigenvalue weighted by atomic mass is 9.87. The van der Waals surface area contributed by atoms with Crippen LogP contribution in [0.2, 0.25) is 5.02 Å². The fourth-order valence-corrected chi connectivity index (χ4v) is 4.20. The summed E-state index contributed by atoms with van der Waals surface area (Å²) in [5.74, 6) is 2.15. The summed E-state index contributed by atoms with van der Waals surface area (Å²) in [5, 5.41) is 14.4. The van der Waals surface area contributed by atoms with Gasteiger partial charge in [0.25, 0.3) is 0 Å². The van der Waals surface area contributed by atoms with Crippen molar-refractivity contribution in [3.05, 3.63) is 34.9 Å². The van der Waals surface area contributed by atoms with Gasteiger partial charge in [0.1, 0.15) is 0 Å². The van der Waals surface area contributed by atoms with E-state index in [4.69, 9.17) is 11.6 Å². The smallest absolute Gasteiger partial charge is 0.240 e. The number of rotatable bonds is 3.